The lowest BCUT2D eigenvalue weighted by Crippen LogP contribution is -2.32. The molecule has 7 heteroatoms. The van der Waals surface area contributed by atoms with Gasteiger partial charge in [0.15, 0.2) is 6.61 Å². The highest BCUT2D eigenvalue weighted by molar-refractivity contribution is 7.89. The van der Waals surface area contributed by atoms with Crippen LogP contribution in [0.15, 0.2) is 71.6 Å². The average Bonchev–Trinajstić information content (AvgIpc) is 2.76. The molecule has 1 atom stereocenters. The Labute approximate surface area is 177 Å². The molecule has 0 fully saturated rings. The van der Waals surface area contributed by atoms with Crippen LogP contribution in [0.2, 0.25) is 0 Å². The Morgan fingerprint density at radius 2 is 1.70 bits per heavy atom. The van der Waals surface area contributed by atoms with Crippen LogP contribution in [0.25, 0.3) is 10.8 Å². The van der Waals surface area contributed by atoms with Crippen LogP contribution in [0, 0.1) is 0 Å². The van der Waals surface area contributed by atoms with Crippen LogP contribution in [0.4, 0.5) is 0 Å². The summed E-state index contributed by atoms with van der Waals surface area (Å²) in [4.78, 5) is 12.3. The number of benzene rings is 3. The smallest absolute Gasteiger partial charge is 0.258 e. The van der Waals surface area contributed by atoms with Gasteiger partial charge in [-0.15, -0.1) is 0 Å². The van der Waals surface area contributed by atoms with Crippen molar-refractivity contribution in [2.45, 2.75) is 37.8 Å². The van der Waals surface area contributed by atoms with Crippen LogP contribution in [0.1, 0.15) is 25.8 Å². The summed E-state index contributed by atoms with van der Waals surface area (Å²) in [6.07, 6.45) is 0.703. The first-order valence-corrected chi connectivity index (χ1v) is 11.4. The van der Waals surface area contributed by atoms with E-state index in [1.807, 2.05) is 56.3 Å². The van der Waals surface area contributed by atoms with Crippen molar-refractivity contribution in [3.05, 3.63) is 72.3 Å². The van der Waals surface area contributed by atoms with Crippen LogP contribution in [-0.2, 0) is 21.4 Å². The number of carbonyl (C=O) groups is 1. The summed E-state index contributed by atoms with van der Waals surface area (Å²) in [7, 11) is -3.56. The molecular formula is C23H26N2O4S. The molecule has 0 aromatic heterocycles. The zero-order valence-corrected chi connectivity index (χ0v) is 17.9. The molecule has 0 aliphatic carbocycles. The van der Waals surface area contributed by atoms with E-state index in [1.54, 1.807) is 12.1 Å². The largest absolute Gasteiger partial charge is 0.484 e. The molecule has 0 heterocycles. The molecule has 0 aliphatic rings. The van der Waals surface area contributed by atoms with E-state index < -0.39 is 10.0 Å². The fraction of sp³-hybridized carbons (Fsp3) is 0.261. The van der Waals surface area contributed by atoms with E-state index in [9.17, 15) is 13.2 Å². The topological polar surface area (TPSA) is 84.5 Å². The lowest BCUT2D eigenvalue weighted by atomic mass is 10.0. The standard InChI is InChI=1S/C23H26N2O4S/c1-3-17(2)25-30(27,28)21-13-11-20(12-14-21)29-16-23(26)24-15-19-9-6-8-18-7-4-5-10-22(18)19/h4-14,17,25H,3,15-16H2,1-2H3,(H,24,26)/t17-/m1/s1. The number of fused-ring (bicyclic) bond motifs is 1. The van der Waals surface area contributed by atoms with Crippen LogP contribution < -0.4 is 14.8 Å². The molecule has 1 amide bonds. The Kier molecular flexibility index (Phi) is 7.07. The monoisotopic (exact) mass is 426 g/mol. The fourth-order valence-electron chi connectivity index (χ4n) is 2.97. The van der Waals surface area contributed by atoms with Crippen molar-refractivity contribution in [2.75, 3.05) is 6.61 Å². The number of sulfonamides is 1. The number of carbonyl (C=O) groups excluding carboxylic acids is 1. The van der Waals surface area contributed by atoms with Gasteiger partial charge in [-0.25, -0.2) is 13.1 Å². The number of nitrogens with one attached hydrogen (secondary N) is 2. The fourth-order valence-corrected chi connectivity index (χ4v) is 4.30. The van der Waals surface area contributed by atoms with E-state index in [0.29, 0.717) is 18.7 Å². The maximum absolute atomic E-state index is 12.3. The molecule has 0 spiro atoms. The summed E-state index contributed by atoms with van der Waals surface area (Å²) >= 11 is 0. The highest BCUT2D eigenvalue weighted by atomic mass is 32.2. The van der Waals surface area contributed by atoms with Gasteiger partial charge in [0.2, 0.25) is 10.0 Å². The first-order chi connectivity index (χ1) is 14.4. The number of hydrogen-bond acceptors (Lipinski definition) is 4. The summed E-state index contributed by atoms with van der Waals surface area (Å²) in [5, 5.41) is 5.08. The van der Waals surface area contributed by atoms with Gasteiger partial charge in [-0.1, -0.05) is 49.4 Å². The molecule has 0 saturated carbocycles. The highest BCUT2D eigenvalue weighted by Gasteiger charge is 2.16. The normalized spacial score (nSPS) is 12.5. The number of ether oxygens (including phenoxy) is 1. The SMILES string of the molecule is CC[C@@H](C)NS(=O)(=O)c1ccc(OCC(=O)NCc2cccc3ccccc23)cc1. The van der Waals surface area contributed by atoms with Crippen LogP contribution >= 0.6 is 0 Å². The zero-order chi connectivity index (χ0) is 21.6. The molecule has 30 heavy (non-hydrogen) atoms. The Bertz CT molecular complexity index is 1110. The van der Waals surface area contributed by atoms with Crippen molar-refractivity contribution in [3.63, 3.8) is 0 Å². The van der Waals surface area contributed by atoms with Crippen molar-refractivity contribution < 1.29 is 17.9 Å². The zero-order valence-electron chi connectivity index (χ0n) is 17.1. The molecule has 3 aromatic rings. The van der Waals surface area contributed by atoms with Gasteiger partial charge in [0.1, 0.15) is 5.75 Å². The molecule has 2 N–H and O–H groups in total. The van der Waals surface area contributed by atoms with E-state index in [0.717, 1.165) is 16.3 Å². The van der Waals surface area contributed by atoms with E-state index in [-0.39, 0.29) is 23.5 Å². The summed E-state index contributed by atoms with van der Waals surface area (Å²) in [6, 6.07) is 19.9. The van der Waals surface area contributed by atoms with Crippen LogP contribution in [0.3, 0.4) is 0 Å². The van der Waals surface area contributed by atoms with Gasteiger partial charge >= 0.3 is 0 Å². The third-order valence-corrected chi connectivity index (χ3v) is 6.43. The van der Waals surface area contributed by atoms with Crippen molar-refractivity contribution in [3.8, 4) is 5.75 Å². The van der Waals surface area contributed by atoms with Gasteiger partial charge < -0.3 is 10.1 Å². The molecule has 6 nitrogen and oxygen atoms in total. The Hall–Kier alpha value is -2.90. The minimum Gasteiger partial charge on any atom is -0.484 e. The Morgan fingerprint density at radius 1 is 1.00 bits per heavy atom. The quantitative estimate of drug-likeness (QED) is 0.547. The van der Waals surface area contributed by atoms with Crippen molar-refractivity contribution in [1.29, 1.82) is 0 Å². The second kappa shape index (κ2) is 9.73. The second-order valence-corrected chi connectivity index (χ2v) is 8.82. The number of hydrogen-bond donors (Lipinski definition) is 2. The molecule has 158 valence electrons. The average molecular weight is 427 g/mol. The molecule has 3 rings (SSSR count). The highest BCUT2D eigenvalue weighted by Crippen LogP contribution is 2.19. The maximum atomic E-state index is 12.3. The van der Waals surface area contributed by atoms with Gasteiger partial charge in [0.25, 0.3) is 5.91 Å². The van der Waals surface area contributed by atoms with Crippen LogP contribution in [-0.4, -0.2) is 27.0 Å². The predicted octanol–water partition coefficient (Wildman–Crippen LogP) is 3.61. The van der Waals surface area contributed by atoms with E-state index >= 15 is 0 Å². The molecule has 3 aromatic carbocycles. The Balaban J connectivity index is 1.53. The molecule has 0 bridgehead atoms. The van der Waals surface area contributed by atoms with Gasteiger partial charge in [-0.3, -0.25) is 4.79 Å². The van der Waals surface area contributed by atoms with Gasteiger partial charge in [-0.2, -0.15) is 0 Å². The van der Waals surface area contributed by atoms with Gasteiger partial charge in [0.05, 0.1) is 4.90 Å². The first kappa shape index (κ1) is 21.8. The molecule has 0 radical (unpaired) electrons. The lowest BCUT2D eigenvalue weighted by molar-refractivity contribution is -0.123. The minimum absolute atomic E-state index is 0.142. The first-order valence-electron chi connectivity index (χ1n) is 9.87. The van der Waals surface area contributed by atoms with Crippen molar-refractivity contribution >= 4 is 26.7 Å². The van der Waals surface area contributed by atoms with Crippen molar-refractivity contribution in [1.82, 2.24) is 10.0 Å². The van der Waals surface area contributed by atoms with E-state index in [4.69, 9.17) is 4.74 Å². The molecule has 0 saturated heterocycles. The van der Waals surface area contributed by atoms with Gasteiger partial charge in [0, 0.05) is 12.6 Å². The van der Waals surface area contributed by atoms with Gasteiger partial charge in [-0.05, 0) is 53.9 Å². The minimum atomic E-state index is -3.56. The summed E-state index contributed by atoms with van der Waals surface area (Å²) < 4.78 is 32.6. The number of rotatable bonds is 9. The molecule has 0 unspecified atom stereocenters. The maximum Gasteiger partial charge on any atom is 0.258 e. The Morgan fingerprint density at radius 3 is 2.43 bits per heavy atom. The second-order valence-electron chi connectivity index (χ2n) is 7.11. The van der Waals surface area contributed by atoms with E-state index in [2.05, 4.69) is 10.0 Å². The summed E-state index contributed by atoms with van der Waals surface area (Å²) in [6.45, 7) is 3.98. The molecular weight excluding hydrogens is 400 g/mol. The summed E-state index contributed by atoms with van der Waals surface area (Å²) in [5.41, 5.74) is 1.03. The van der Waals surface area contributed by atoms with Crippen LogP contribution in [0.5, 0.6) is 5.75 Å². The summed E-state index contributed by atoms with van der Waals surface area (Å²) in [5.74, 6) is 0.177. The van der Waals surface area contributed by atoms with Crippen molar-refractivity contribution in [2.24, 2.45) is 0 Å². The van der Waals surface area contributed by atoms with E-state index in [1.165, 1.54) is 12.1 Å². The lowest BCUT2D eigenvalue weighted by Gasteiger charge is -2.13. The predicted molar refractivity (Wildman–Crippen MR) is 118 cm³/mol. The number of amides is 1. The third kappa shape index (κ3) is 5.58. The third-order valence-electron chi connectivity index (χ3n) is 4.83. The molecule has 0 aliphatic heterocycles.